The van der Waals surface area contributed by atoms with E-state index < -0.39 is 0 Å². The van der Waals surface area contributed by atoms with E-state index in [0.717, 1.165) is 16.6 Å². The highest BCUT2D eigenvalue weighted by Gasteiger charge is 2.02. The van der Waals surface area contributed by atoms with Gasteiger partial charge in [-0.1, -0.05) is 12.1 Å². The SMILES string of the molecule is Cc1cc(=O)c2ccccc2n1Br. The van der Waals surface area contributed by atoms with Gasteiger partial charge >= 0.3 is 0 Å². The quantitative estimate of drug-likeness (QED) is 0.691. The largest absolute Gasteiger partial charge is 0.289 e. The summed E-state index contributed by atoms with van der Waals surface area (Å²) < 4.78 is 1.84. The molecule has 0 fully saturated rings. The number of nitrogens with zero attached hydrogens (tertiary/aromatic N) is 1. The van der Waals surface area contributed by atoms with Crippen molar-refractivity contribution in [1.82, 2.24) is 3.59 Å². The number of hydrogen-bond acceptors (Lipinski definition) is 1. The average Bonchev–Trinajstić information content (AvgIpc) is 2.15. The van der Waals surface area contributed by atoms with Gasteiger partial charge in [0.05, 0.1) is 21.7 Å². The monoisotopic (exact) mass is 237 g/mol. The lowest BCUT2D eigenvalue weighted by Crippen LogP contribution is -2.05. The fraction of sp³-hybridized carbons (Fsp3) is 0.100. The van der Waals surface area contributed by atoms with E-state index in [1.807, 2.05) is 34.8 Å². The molecule has 0 aliphatic heterocycles. The van der Waals surface area contributed by atoms with E-state index in [0.29, 0.717) is 0 Å². The predicted octanol–water partition coefficient (Wildman–Crippen LogP) is 2.47. The van der Waals surface area contributed by atoms with Crippen molar-refractivity contribution in [2.24, 2.45) is 0 Å². The summed E-state index contributed by atoms with van der Waals surface area (Å²) in [5, 5.41) is 0.741. The number of para-hydroxylation sites is 1. The van der Waals surface area contributed by atoms with Crippen molar-refractivity contribution < 1.29 is 0 Å². The van der Waals surface area contributed by atoms with Crippen molar-refractivity contribution in [3.63, 3.8) is 0 Å². The smallest absolute Gasteiger partial charge is 0.189 e. The lowest BCUT2D eigenvalue weighted by atomic mass is 10.2. The zero-order valence-corrected chi connectivity index (χ0v) is 8.71. The van der Waals surface area contributed by atoms with Gasteiger partial charge in [0.1, 0.15) is 0 Å². The average molecular weight is 238 g/mol. The van der Waals surface area contributed by atoms with Crippen LogP contribution >= 0.6 is 16.1 Å². The van der Waals surface area contributed by atoms with Gasteiger partial charge < -0.3 is 0 Å². The van der Waals surface area contributed by atoms with E-state index in [4.69, 9.17) is 0 Å². The van der Waals surface area contributed by atoms with Crippen molar-refractivity contribution in [3.8, 4) is 0 Å². The Balaban J connectivity index is 3.06. The number of fused-ring (bicyclic) bond motifs is 1. The van der Waals surface area contributed by atoms with E-state index in [9.17, 15) is 4.79 Å². The highest BCUT2D eigenvalue weighted by atomic mass is 79.9. The molecule has 2 aromatic rings. The molecule has 66 valence electrons. The van der Waals surface area contributed by atoms with E-state index in [1.54, 1.807) is 6.07 Å². The Bertz CT molecular complexity index is 516. The summed E-state index contributed by atoms with van der Waals surface area (Å²) in [4.78, 5) is 11.5. The van der Waals surface area contributed by atoms with Gasteiger partial charge in [-0.05, 0) is 19.1 Å². The fourth-order valence-electron chi connectivity index (χ4n) is 1.37. The van der Waals surface area contributed by atoms with Crippen LogP contribution in [0.2, 0.25) is 0 Å². The molecule has 0 bridgehead atoms. The zero-order valence-electron chi connectivity index (χ0n) is 7.12. The molecular formula is C10H8BrNO. The minimum atomic E-state index is 0.0730. The van der Waals surface area contributed by atoms with Gasteiger partial charge in [0.25, 0.3) is 0 Å². The van der Waals surface area contributed by atoms with E-state index >= 15 is 0 Å². The third-order valence-corrected chi connectivity index (χ3v) is 2.97. The van der Waals surface area contributed by atoms with Crippen LogP contribution in [0.25, 0.3) is 10.9 Å². The Morgan fingerprint density at radius 3 is 2.77 bits per heavy atom. The van der Waals surface area contributed by atoms with E-state index in [1.165, 1.54) is 0 Å². The third kappa shape index (κ3) is 1.29. The molecule has 1 aromatic carbocycles. The molecule has 0 saturated carbocycles. The number of aryl methyl sites for hydroxylation is 1. The van der Waals surface area contributed by atoms with Gasteiger partial charge in [-0.2, -0.15) is 0 Å². The number of benzene rings is 1. The Morgan fingerprint density at radius 1 is 1.31 bits per heavy atom. The minimum absolute atomic E-state index is 0.0730. The molecule has 0 unspecified atom stereocenters. The molecule has 13 heavy (non-hydrogen) atoms. The van der Waals surface area contributed by atoms with Gasteiger partial charge in [-0.25, -0.2) is 0 Å². The minimum Gasteiger partial charge on any atom is -0.289 e. The van der Waals surface area contributed by atoms with E-state index in [2.05, 4.69) is 16.1 Å². The molecule has 2 nitrogen and oxygen atoms in total. The normalized spacial score (nSPS) is 10.6. The molecule has 0 N–H and O–H groups in total. The Morgan fingerprint density at radius 2 is 2.00 bits per heavy atom. The second-order valence-corrected chi connectivity index (χ2v) is 3.66. The van der Waals surface area contributed by atoms with Crippen LogP contribution in [-0.2, 0) is 0 Å². The maximum Gasteiger partial charge on any atom is 0.189 e. The van der Waals surface area contributed by atoms with Crippen LogP contribution in [0.5, 0.6) is 0 Å². The second kappa shape index (κ2) is 3.00. The molecule has 0 aliphatic carbocycles. The molecular weight excluding hydrogens is 230 g/mol. The van der Waals surface area contributed by atoms with Crippen LogP contribution in [0.1, 0.15) is 5.69 Å². The number of rotatable bonds is 0. The highest BCUT2D eigenvalue weighted by molar-refractivity contribution is 9.08. The van der Waals surface area contributed by atoms with Gasteiger partial charge in [-0.3, -0.25) is 8.39 Å². The van der Waals surface area contributed by atoms with E-state index in [-0.39, 0.29) is 5.43 Å². The van der Waals surface area contributed by atoms with Crippen LogP contribution in [0.4, 0.5) is 0 Å². The van der Waals surface area contributed by atoms with Crippen molar-refractivity contribution >= 4 is 27.1 Å². The van der Waals surface area contributed by atoms with Crippen LogP contribution in [0.15, 0.2) is 35.1 Å². The van der Waals surface area contributed by atoms with Crippen LogP contribution in [0, 0.1) is 6.92 Å². The summed E-state index contributed by atoms with van der Waals surface area (Å²) in [6.07, 6.45) is 0. The molecule has 0 radical (unpaired) electrons. The van der Waals surface area contributed by atoms with Gasteiger partial charge in [0.15, 0.2) is 5.43 Å². The number of halogens is 1. The molecule has 0 spiro atoms. The van der Waals surface area contributed by atoms with Crippen molar-refractivity contribution in [2.75, 3.05) is 0 Å². The summed E-state index contributed by atoms with van der Waals surface area (Å²) in [5.74, 6) is 0. The predicted molar refractivity (Wildman–Crippen MR) is 57.3 cm³/mol. The Hall–Kier alpha value is -1.09. The lowest BCUT2D eigenvalue weighted by molar-refractivity contribution is 1.19. The first-order valence-electron chi connectivity index (χ1n) is 3.98. The lowest BCUT2D eigenvalue weighted by Gasteiger charge is -2.05. The third-order valence-electron chi connectivity index (χ3n) is 2.03. The maximum atomic E-state index is 11.5. The topological polar surface area (TPSA) is 22.0 Å². The first-order chi connectivity index (χ1) is 6.20. The van der Waals surface area contributed by atoms with Crippen LogP contribution in [0.3, 0.4) is 0 Å². The van der Waals surface area contributed by atoms with Crippen molar-refractivity contribution in [2.45, 2.75) is 6.92 Å². The van der Waals surface area contributed by atoms with Crippen LogP contribution in [-0.4, -0.2) is 3.59 Å². The molecule has 0 amide bonds. The molecule has 3 heteroatoms. The van der Waals surface area contributed by atoms with Crippen molar-refractivity contribution in [1.29, 1.82) is 0 Å². The summed E-state index contributed by atoms with van der Waals surface area (Å²) in [5.41, 5.74) is 1.89. The summed E-state index contributed by atoms with van der Waals surface area (Å²) >= 11 is 3.39. The molecule has 0 saturated heterocycles. The maximum absolute atomic E-state index is 11.5. The second-order valence-electron chi connectivity index (χ2n) is 2.95. The molecule has 0 aliphatic rings. The summed E-state index contributed by atoms with van der Waals surface area (Å²) in [6.45, 7) is 1.89. The first-order valence-corrected chi connectivity index (χ1v) is 4.68. The molecule has 1 heterocycles. The van der Waals surface area contributed by atoms with Gasteiger partial charge in [-0.15, -0.1) is 0 Å². The van der Waals surface area contributed by atoms with Crippen LogP contribution < -0.4 is 5.43 Å². The Kier molecular flexibility index (Phi) is 1.96. The molecule has 1 aromatic heterocycles. The van der Waals surface area contributed by atoms with Gasteiger partial charge in [0, 0.05) is 17.1 Å². The number of hydrogen-bond donors (Lipinski definition) is 0. The fourth-order valence-corrected chi connectivity index (χ4v) is 1.78. The Labute approximate surface area is 84.1 Å². The number of aromatic nitrogens is 1. The zero-order chi connectivity index (χ0) is 9.42. The summed E-state index contributed by atoms with van der Waals surface area (Å²) in [6, 6.07) is 9.15. The van der Waals surface area contributed by atoms with Gasteiger partial charge in [0.2, 0.25) is 0 Å². The molecule has 2 rings (SSSR count). The standard InChI is InChI=1S/C10H8BrNO/c1-7-6-10(13)8-4-2-3-5-9(8)12(7)11/h2-6H,1H3. The number of pyridine rings is 1. The first kappa shape index (κ1) is 8.51. The highest BCUT2D eigenvalue weighted by Crippen LogP contribution is 2.14. The molecule has 0 atom stereocenters. The van der Waals surface area contributed by atoms with Crippen molar-refractivity contribution in [3.05, 3.63) is 46.2 Å². The summed E-state index contributed by atoms with van der Waals surface area (Å²) in [7, 11) is 0.